The molecule has 0 aliphatic carbocycles. The van der Waals surface area contributed by atoms with Crippen LogP contribution in [0, 0.1) is 12.7 Å². The lowest BCUT2D eigenvalue weighted by Gasteiger charge is -2.12. The number of benzene rings is 2. The molecule has 0 saturated carbocycles. The van der Waals surface area contributed by atoms with Crippen molar-refractivity contribution in [2.45, 2.75) is 20.4 Å². The van der Waals surface area contributed by atoms with Crippen molar-refractivity contribution in [3.8, 4) is 11.5 Å². The maximum Gasteiger partial charge on any atom is 0.161 e. The first-order valence-electron chi connectivity index (χ1n) is 6.93. The molecule has 0 unspecified atom stereocenters. The Labute approximate surface area is 124 Å². The van der Waals surface area contributed by atoms with Crippen molar-refractivity contribution in [3.05, 3.63) is 53.3 Å². The van der Waals surface area contributed by atoms with Crippen LogP contribution in [0.2, 0.25) is 0 Å². The molecular weight excluding hydrogens is 269 g/mol. The number of halogens is 1. The molecule has 0 aliphatic rings. The van der Waals surface area contributed by atoms with Crippen LogP contribution in [0.25, 0.3) is 0 Å². The predicted octanol–water partition coefficient (Wildman–Crippen LogP) is 4.15. The average molecular weight is 289 g/mol. The minimum atomic E-state index is -0.204. The van der Waals surface area contributed by atoms with Gasteiger partial charge in [0.25, 0.3) is 0 Å². The van der Waals surface area contributed by atoms with Gasteiger partial charge in [-0.1, -0.05) is 12.1 Å². The molecule has 0 bridgehead atoms. The molecule has 0 aliphatic heterocycles. The summed E-state index contributed by atoms with van der Waals surface area (Å²) in [4.78, 5) is 0. The highest BCUT2D eigenvalue weighted by atomic mass is 19.1. The summed E-state index contributed by atoms with van der Waals surface area (Å²) in [7, 11) is 1.62. The fraction of sp³-hybridized carbons (Fsp3) is 0.294. The van der Waals surface area contributed by atoms with Crippen molar-refractivity contribution in [2.75, 3.05) is 19.0 Å². The highest BCUT2D eigenvalue weighted by molar-refractivity contribution is 5.47. The number of methoxy groups -OCH3 is 1. The fourth-order valence-corrected chi connectivity index (χ4v) is 2.00. The van der Waals surface area contributed by atoms with E-state index in [4.69, 9.17) is 9.47 Å². The van der Waals surface area contributed by atoms with Gasteiger partial charge in [-0.3, -0.25) is 0 Å². The number of hydrogen-bond acceptors (Lipinski definition) is 3. The molecule has 2 aromatic carbocycles. The van der Waals surface area contributed by atoms with Crippen LogP contribution in [0.15, 0.2) is 36.4 Å². The van der Waals surface area contributed by atoms with Gasteiger partial charge in [-0.25, -0.2) is 4.39 Å². The van der Waals surface area contributed by atoms with Crippen LogP contribution in [0.1, 0.15) is 18.1 Å². The van der Waals surface area contributed by atoms with Gasteiger partial charge in [0, 0.05) is 12.2 Å². The molecule has 2 rings (SSSR count). The van der Waals surface area contributed by atoms with Gasteiger partial charge >= 0.3 is 0 Å². The molecule has 3 nitrogen and oxygen atoms in total. The lowest BCUT2D eigenvalue weighted by atomic mass is 10.1. The van der Waals surface area contributed by atoms with Gasteiger partial charge in [-0.15, -0.1) is 0 Å². The summed E-state index contributed by atoms with van der Waals surface area (Å²) >= 11 is 0. The Hall–Kier alpha value is -2.23. The summed E-state index contributed by atoms with van der Waals surface area (Å²) in [6, 6.07) is 10.9. The molecule has 0 fully saturated rings. The van der Waals surface area contributed by atoms with Gasteiger partial charge in [0.05, 0.1) is 13.7 Å². The predicted molar refractivity (Wildman–Crippen MR) is 82.6 cm³/mol. The number of nitrogens with one attached hydrogen (secondary N) is 1. The second kappa shape index (κ2) is 6.97. The molecule has 4 heteroatoms. The van der Waals surface area contributed by atoms with E-state index in [0.717, 1.165) is 17.0 Å². The molecule has 1 N–H and O–H groups in total. The average Bonchev–Trinajstić information content (AvgIpc) is 2.49. The summed E-state index contributed by atoms with van der Waals surface area (Å²) in [5.41, 5.74) is 2.44. The van der Waals surface area contributed by atoms with Crippen LogP contribution in [-0.2, 0) is 6.54 Å². The number of anilines is 1. The molecule has 21 heavy (non-hydrogen) atoms. The third-order valence-corrected chi connectivity index (χ3v) is 3.20. The highest BCUT2D eigenvalue weighted by Gasteiger charge is 2.05. The highest BCUT2D eigenvalue weighted by Crippen LogP contribution is 2.28. The quantitative estimate of drug-likeness (QED) is 0.866. The first kappa shape index (κ1) is 15.2. The van der Waals surface area contributed by atoms with E-state index in [1.54, 1.807) is 20.1 Å². The molecule has 0 atom stereocenters. The van der Waals surface area contributed by atoms with Crippen LogP contribution >= 0.6 is 0 Å². The van der Waals surface area contributed by atoms with Crippen LogP contribution in [-0.4, -0.2) is 13.7 Å². The Balaban J connectivity index is 2.07. The number of rotatable bonds is 6. The first-order chi connectivity index (χ1) is 10.1. The third kappa shape index (κ3) is 3.88. The molecule has 0 aromatic heterocycles. The van der Waals surface area contributed by atoms with E-state index in [1.165, 1.54) is 6.07 Å². The summed E-state index contributed by atoms with van der Waals surface area (Å²) < 4.78 is 24.3. The van der Waals surface area contributed by atoms with Crippen LogP contribution in [0.3, 0.4) is 0 Å². The van der Waals surface area contributed by atoms with E-state index in [9.17, 15) is 4.39 Å². The molecular formula is C17H20FNO2. The van der Waals surface area contributed by atoms with Crippen molar-refractivity contribution < 1.29 is 13.9 Å². The van der Waals surface area contributed by atoms with Gasteiger partial charge in [-0.05, 0) is 49.2 Å². The summed E-state index contributed by atoms with van der Waals surface area (Å²) in [5.74, 6) is 1.22. The van der Waals surface area contributed by atoms with Crippen molar-refractivity contribution in [2.24, 2.45) is 0 Å². The smallest absolute Gasteiger partial charge is 0.161 e. The van der Waals surface area contributed by atoms with E-state index in [2.05, 4.69) is 5.32 Å². The van der Waals surface area contributed by atoms with Crippen molar-refractivity contribution in [1.29, 1.82) is 0 Å². The molecule has 112 valence electrons. The van der Waals surface area contributed by atoms with E-state index >= 15 is 0 Å². The molecule has 0 amide bonds. The van der Waals surface area contributed by atoms with Crippen molar-refractivity contribution >= 4 is 5.69 Å². The number of aryl methyl sites for hydroxylation is 1. The Morgan fingerprint density at radius 2 is 1.90 bits per heavy atom. The molecule has 0 saturated heterocycles. The van der Waals surface area contributed by atoms with E-state index in [-0.39, 0.29) is 5.82 Å². The zero-order valence-electron chi connectivity index (χ0n) is 12.6. The largest absolute Gasteiger partial charge is 0.493 e. The minimum Gasteiger partial charge on any atom is -0.493 e. The third-order valence-electron chi connectivity index (χ3n) is 3.20. The lowest BCUT2D eigenvalue weighted by Crippen LogP contribution is -2.02. The molecule has 0 radical (unpaired) electrons. The van der Waals surface area contributed by atoms with Crippen LogP contribution < -0.4 is 14.8 Å². The Kier molecular flexibility index (Phi) is 5.04. The maximum absolute atomic E-state index is 13.5. The molecule has 2 aromatic rings. The van der Waals surface area contributed by atoms with Crippen molar-refractivity contribution in [3.63, 3.8) is 0 Å². The Morgan fingerprint density at radius 1 is 1.10 bits per heavy atom. The second-order valence-corrected chi connectivity index (χ2v) is 4.74. The van der Waals surface area contributed by atoms with Crippen molar-refractivity contribution in [1.82, 2.24) is 0 Å². The lowest BCUT2D eigenvalue weighted by molar-refractivity contribution is 0.310. The SMILES string of the molecule is CCOc1ccc(CNc2ccc(C)c(F)c2)cc1OC. The van der Waals surface area contributed by atoms with E-state index in [1.807, 2.05) is 31.2 Å². The van der Waals surface area contributed by atoms with Gasteiger partial charge < -0.3 is 14.8 Å². The van der Waals surface area contributed by atoms with Crippen LogP contribution in [0.5, 0.6) is 11.5 Å². The van der Waals surface area contributed by atoms with Gasteiger partial charge in [0.15, 0.2) is 11.5 Å². The Morgan fingerprint density at radius 3 is 2.57 bits per heavy atom. The standard InChI is InChI=1S/C17H20FNO2/c1-4-21-16-8-6-13(9-17(16)20-3)11-19-14-7-5-12(2)15(18)10-14/h5-10,19H,4,11H2,1-3H3. The summed E-state index contributed by atoms with van der Waals surface area (Å²) in [6.45, 7) is 4.86. The van der Waals surface area contributed by atoms with Gasteiger partial charge in [-0.2, -0.15) is 0 Å². The molecule has 0 heterocycles. The molecule has 0 spiro atoms. The monoisotopic (exact) mass is 289 g/mol. The van der Waals surface area contributed by atoms with Crippen LogP contribution in [0.4, 0.5) is 10.1 Å². The second-order valence-electron chi connectivity index (χ2n) is 4.74. The minimum absolute atomic E-state index is 0.204. The zero-order valence-corrected chi connectivity index (χ0v) is 12.6. The zero-order chi connectivity index (χ0) is 15.2. The normalized spacial score (nSPS) is 10.3. The number of hydrogen-bond donors (Lipinski definition) is 1. The maximum atomic E-state index is 13.5. The van der Waals surface area contributed by atoms with Gasteiger partial charge in [0.2, 0.25) is 0 Å². The Bertz CT molecular complexity index is 614. The summed E-state index contributed by atoms with van der Waals surface area (Å²) in [6.07, 6.45) is 0. The van der Waals surface area contributed by atoms with E-state index in [0.29, 0.717) is 24.5 Å². The topological polar surface area (TPSA) is 30.5 Å². The van der Waals surface area contributed by atoms with E-state index < -0.39 is 0 Å². The first-order valence-corrected chi connectivity index (χ1v) is 6.93. The number of ether oxygens (including phenoxy) is 2. The fourth-order valence-electron chi connectivity index (χ4n) is 2.00. The summed E-state index contributed by atoms with van der Waals surface area (Å²) in [5, 5.41) is 3.20. The van der Waals surface area contributed by atoms with Gasteiger partial charge in [0.1, 0.15) is 5.82 Å².